The highest BCUT2D eigenvalue weighted by atomic mass is 16.5. The summed E-state index contributed by atoms with van der Waals surface area (Å²) in [6, 6.07) is 5.51. The van der Waals surface area contributed by atoms with E-state index in [0.29, 0.717) is 12.0 Å². The van der Waals surface area contributed by atoms with Gasteiger partial charge >= 0.3 is 11.7 Å². The molecule has 5 heteroatoms. The van der Waals surface area contributed by atoms with Gasteiger partial charge in [0.1, 0.15) is 0 Å². The first-order chi connectivity index (χ1) is 8.85. The minimum absolute atomic E-state index is 0.262. The zero-order chi connectivity index (χ0) is 14.2. The van der Waals surface area contributed by atoms with Gasteiger partial charge in [-0.3, -0.25) is 9.36 Å². The molecule has 102 valence electrons. The van der Waals surface area contributed by atoms with Crippen molar-refractivity contribution >= 4 is 17.1 Å². The fraction of sp³-hybridized carbons (Fsp3) is 0.429. The Morgan fingerprint density at radius 1 is 1.42 bits per heavy atom. The molecule has 1 aromatic heterocycles. The molecule has 0 unspecified atom stereocenters. The number of carbonyl (C=O) groups excluding carboxylic acids is 1. The highest BCUT2D eigenvalue weighted by molar-refractivity contribution is 5.77. The van der Waals surface area contributed by atoms with Gasteiger partial charge in [-0.1, -0.05) is 6.07 Å². The first-order valence-corrected chi connectivity index (χ1v) is 6.02. The molecular formula is C14H17NO4. The van der Waals surface area contributed by atoms with E-state index < -0.39 is 5.41 Å². The number of aromatic nitrogens is 1. The first-order valence-electron chi connectivity index (χ1n) is 6.02. The first kappa shape index (κ1) is 13.4. The van der Waals surface area contributed by atoms with E-state index in [1.165, 1.54) is 11.7 Å². The largest absolute Gasteiger partial charge is 0.469 e. The molecule has 19 heavy (non-hydrogen) atoms. The maximum Gasteiger partial charge on any atom is 0.419 e. The van der Waals surface area contributed by atoms with Gasteiger partial charge < -0.3 is 9.15 Å². The number of fused-ring (bicyclic) bond motifs is 1. The van der Waals surface area contributed by atoms with Crippen molar-refractivity contribution in [1.29, 1.82) is 0 Å². The van der Waals surface area contributed by atoms with Crippen LogP contribution in [-0.4, -0.2) is 17.6 Å². The Balaban J connectivity index is 2.37. The summed E-state index contributed by atoms with van der Waals surface area (Å²) < 4.78 is 11.4. The lowest BCUT2D eigenvalue weighted by Crippen LogP contribution is -2.27. The number of nitrogens with zero attached hydrogens (tertiary/aromatic N) is 1. The zero-order valence-corrected chi connectivity index (χ0v) is 11.5. The number of ether oxygens (including phenoxy) is 1. The van der Waals surface area contributed by atoms with Gasteiger partial charge in [0.2, 0.25) is 0 Å². The third-order valence-corrected chi connectivity index (χ3v) is 3.24. The molecule has 0 aliphatic carbocycles. The molecule has 0 bridgehead atoms. The van der Waals surface area contributed by atoms with Crippen LogP contribution in [0.1, 0.15) is 19.4 Å². The number of methoxy groups -OCH3 is 1. The van der Waals surface area contributed by atoms with E-state index in [4.69, 9.17) is 9.15 Å². The summed E-state index contributed by atoms with van der Waals surface area (Å²) in [7, 11) is 3.04. The van der Waals surface area contributed by atoms with Gasteiger partial charge in [-0.05, 0) is 38.0 Å². The molecule has 0 atom stereocenters. The van der Waals surface area contributed by atoms with Crippen molar-refractivity contribution in [1.82, 2.24) is 4.57 Å². The summed E-state index contributed by atoms with van der Waals surface area (Å²) >= 11 is 0. The number of esters is 1. The fourth-order valence-corrected chi connectivity index (χ4v) is 2.15. The third-order valence-electron chi connectivity index (χ3n) is 3.24. The lowest BCUT2D eigenvalue weighted by Gasteiger charge is -2.21. The van der Waals surface area contributed by atoms with Crippen LogP contribution < -0.4 is 5.76 Å². The van der Waals surface area contributed by atoms with E-state index >= 15 is 0 Å². The molecule has 0 fully saturated rings. The standard InChI is InChI=1S/C14H17NO4/c1-14(2,12(16)18-4)8-9-5-6-10-11(7-9)19-13(17)15(10)3/h5-7H,8H2,1-4H3. The van der Waals surface area contributed by atoms with E-state index in [1.54, 1.807) is 13.1 Å². The Kier molecular flexibility index (Phi) is 3.22. The molecular weight excluding hydrogens is 246 g/mol. The number of hydrogen-bond acceptors (Lipinski definition) is 4. The van der Waals surface area contributed by atoms with Crippen LogP contribution in [0.4, 0.5) is 0 Å². The second-order valence-electron chi connectivity index (χ2n) is 5.28. The van der Waals surface area contributed by atoms with Gasteiger partial charge in [0.05, 0.1) is 18.0 Å². The van der Waals surface area contributed by atoms with Crippen LogP contribution in [0.5, 0.6) is 0 Å². The Bertz CT molecular complexity index is 678. The maximum atomic E-state index is 11.7. The van der Waals surface area contributed by atoms with Gasteiger partial charge in [0, 0.05) is 7.05 Å². The van der Waals surface area contributed by atoms with Crippen LogP contribution in [0.25, 0.3) is 11.1 Å². The van der Waals surface area contributed by atoms with Gasteiger partial charge in [-0.2, -0.15) is 0 Å². The van der Waals surface area contributed by atoms with Crippen molar-refractivity contribution in [2.75, 3.05) is 7.11 Å². The molecule has 0 radical (unpaired) electrons. The lowest BCUT2D eigenvalue weighted by atomic mass is 9.86. The number of aryl methyl sites for hydroxylation is 1. The summed E-state index contributed by atoms with van der Waals surface area (Å²) in [5.41, 5.74) is 1.59. The predicted molar refractivity (Wildman–Crippen MR) is 71.0 cm³/mol. The van der Waals surface area contributed by atoms with Crippen molar-refractivity contribution in [3.63, 3.8) is 0 Å². The van der Waals surface area contributed by atoms with E-state index in [1.807, 2.05) is 26.0 Å². The Morgan fingerprint density at radius 2 is 2.11 bits per heavy atom. The smallest absolute Gasteiger partial charge is 0.419 e. The molecule has 1 heterocycles. The second-order valence-corrected chi connectivity index (χ2v) is 5.28. The Morgan fingerprint density at radius 3 is 2.74 bits per heavy atom. The van der Waals surface area contributed by atoms with Gasteiger partial charge in [-0.15, -0.1) is 0 Å². The third kappa shape index (κ3) is 2.41. The summed E-state index contributed by atoms with van der Waals surface area (Å²) in [5, 5.41) is 0. The van der Waals surface area contributed by atoms with Crippen molar-refractivity contribution in [2.45, 2.75) is 20.3 Å². The lowest BCUT2D eigenvalue weighted by molar-refractivity contribution is -0.150. The molecule has 0 saturated carbocycles. The maximum absolute atomic E-state index is 11.7. The SMILES string of the molecule is COC(=O)C(C)(C)Cc1ccc2c(c1)oc(=O)n2C. The molecule has 2 aromatic rings. The van der Waals surface area contributed by atoms with Crippen LogP contribution in [0.15, 0.2) is 27.4 Å². The number of oxazole rings is 1. The molecule has 0 N–H and O–H groups in total. The average molecular weight is 263 g/mol. The average Bonchev–Trinajstić information content (AvgIpc) is 2.63. The predicted octanol–water partition coefficient (Wildman–Crippen LogP) is 1.87. The summed E-state index contributed by atoms with van der Waals surface area (Å²) in [4.78, 5) is 23.1. The van der Waals surface area contributed by atoms with Gasteiger partial charge in [0.15, 0.2) is 5.58 Å². The second kappa shape index (κ2) is 4.57. The quantitative estimate of drug-likeness (QED) is 0.793. The van der Waals surface area contributed by atoms with Gasteiger partial charge in [0.25, 0.3) is 0 Å². The van der Waals surface area contributed by atoms with Crippen LogP contribution in [0, 0.1) is 5.41 Å². The topological polar surface area (TPSA) is 61.4 Å². The van der Waals surface area contributed by atoms with Gasteiger partial charge in [-0.25, -0.2) is 4.79 Å². The number of hydrogen-bond donors (Lipinski definition) is 0. The van der Waals surface area contributed by atoms with Crippen LogP contribution in [0.3, 0.4) is 0 Å². The highest BCUT2D eigenvalue weighted by Crippen LogP contribution is 2.25. The summed E-state index contributed by atoms with van der Waals surface area (Å²) in [6.45, 7) is 3.65. The summed E-state index contributed by atoms with van der Waals surface area (Å²) in [5.74, 6) is -0.651. The molecule has 0 amide bonds. The van der Waals surface area contributed by atoms with E-state index in [0.717, 1.165) is 11.1 Å². The molecule has 0 aliphatic heterocycles. The molecule has 0 spiro atoms. The van der Waals surface area contributed by atoms with Crippen molar-refractivity contribution in [2.24, 2.45) is 12.5 Å². The molecule has 5 nitrogen and oxygen atoms in total. The monoisotopic (exact) mass is 263 g/mol. The molecule has 0 saturated heterocycles. The fourth-order valence-electron chi connectivity index (χ4n) is 2.15. The van der Waals surface area contributed by atoms with Crippen LogP contribution in [0.2, 0.25) is 0 Å². The minimum Gasteiger partial charge on any atom is -0.469 e. The molecule has 0 aliphatic rings. The van der Waals surface area contributed by atoms with Crippen LogP contribution in [-0.2, 0) is 23.0 Å². The van der Waals surface area contributed by atoms with Crippen molar-refractivity contribution < 1.29 is 13.9 Å². The van der Waals surface area contributed by atoms with E-state index in [9.17, 15) is 9.59 Å². The Hall–Kier alpha value is -2.04. The number of rotatable bonds is 3. The molecule has 2 rings (SSSR count). The Labute approximate surface area is 110 Å². The zero-order valence-electron chi connectivity index (χ0n) is 11.5. The van der Waals surface area contributed by atoms with Crippen molar-refractivity contribution in [3.05, 3.63) is 34.3 Å². The van der Waals surface area contributed by atoms with Crippen molar-refractivity contribution in [3.8, 4) is 0 Å². The van der Waals surface area contributed by atoms with E-state index in [2.05, 4.69) is 0 Å². The minimum atomic E-state index is -0.614. The number of carbonyl (C=O) groups is 1. The highest BCUT2D eigenvalue weighted by Gasteiger charge is 2.29. The van der Waals surface area contributed by atoms with E-state index in [-0.39, 0.29) is 11.7 Å². The van der Waals surface area contributed by atoms with Crippen LogP contribution >= 0.6 is 0 Å². The number of benzene rings is 1. The molecule has 1 aromatic carbocycles. The normalized spacial score (nSPS) is 11.8. The summed E-state index contributed by atoms with van der Waals surface area (Å²) in [6.07, 6.45) is 0.522.